The molecule has 4 fully saturated rings. The molecule has 0 aromatic carbocycles. The number of nitrogens with one attached hydrogen (secondary N) is 1. The molecule has 4 unspecified atom stereocenters. The summed E-state index contributed by atoms with van der Waals surface area (Å²) in [5.74, 6) is 4.52. The number of hydrogen-bond acceptors (Lipinski definition) is 24. The van der Waals surface area contributed by atoms with Gasteiger partial charge in [0.15, 0.2) is 24.9 Å². The molecule has 10 N–H and O–H groups in total. The van der Waals surface area contributed by atoms with Gasteiger partial charge in [-0.3, -0.25) is 4.99 Å². The third-order valence-electron chi connectivity index (χ3n) is 16.3. The average Bonchev–Trinajstić information content (AvgIpc) is 1.71. The molecule has 4 saturated heterocycles. The minimum atomic E-state index is -1.24. The Morgan fingerprint density at radius 3 is 1.19 bits per heavy atom. The summed E-state index contributed by atoms with van der Waals surface area (Å²) in [7, 11) is 12.6. The van der Waals surface area contributed by atoms with Gasteiger partial charge in [-0.2, -0.15) is 0 Å². The molecule has 0 amide bonds. The summed E-state index contributed by atoms with van der Waals surface area (Å²) in [6.07, 6.45) is 26.0. The fourth-order valence-electron chi connectivity index (χ4n) is 10.8. The van der Waals surface area contributed by atoms with E-state index < -0.39 is 113 Å². The highest BCUT2D eigenvalue weighted by Crippen LogP contribution is 2.43. The predicted octanol–water partition coefficient (Wildman–Crippen LogP) is 2.90. The van der Waals surface area contributed by atoms with Crippen LogP contribution in [0.4, 0.5) is 0 Å². The summed E-state index contributed by atoms with van der Waals surface area (Å²) in [4.78, 5) is 27.6. The lowest BCUT2D eigenvalue weighted by molar-refractivity contribution is -0.0709. The molecule has 8 rings (SSSR count). The van der Waals surface area contributed by atoms with Crippen molar-refractivity contribution < 1.29 is 64.2 Å². The summed E-state index contributed by atoms with van der Waals surface area (Å²) in [5.41, 5.74) is 6.12. The molecule has 0 aromatic rings. The van der Waals surface area contributed by atoms with E-state index in [1.54, 1.807) is 38.6 Å². The number of aliphatic imine (C=N–C) groups is 4. The van der Waals surface area contributed by atoms with Crippen LogP contribution in [0.25, 0.3) is 0 Å². The van der Waals surface area contributed by atoms with E-state index in [-0.39, 0.29) is 24.7 Å². The number of nitrogens with two attached hydrogens (primary N) is 1. The maximum Gasteiger partial charge on any atom is 0.164 e. The van der Waals surface area contributed by atoms with E-state index in [0.717, 1.165) is 55.0 Å². The van der Waals surface area contributed by atoms with E-state index in [1.807, 2.05) is 78.4 Å². The first-order valence-electron chi connectivity index (χ1n) is 30.9. The second-order valence-electron chi connectivity index (χ2n) is 27.4. The van der Waals surface area contributed by atoms with Gasteiger partial charge in [-0.1, -0.05) is 26.3 Å². The Bertz CT molecular complexity index is 3090. The number of rotatable bonds is 19. The Balaban J connectivity index is 0.000000225. The fraction of sp³-hybridized carbons (Fsp3) is 0.625. The molecule has 93 heavy (non-hydrogen) atoms. The van der Waals surface area contributed by atoms with Crippen molar-refractivity contribution in [3.8, 4) is 0 Å². The maximum absolute atomic E-state index is 10.6. The molecule has 526 valence electrons. The van der Waals surface area contributed by atoms with E-state index in [2.05, 4.69) is 130 Å². The zero-order valence-corrected chi connectivity index (χ0v) is 61.3. The van der Waals surface area contributed by atoms with E-state index >= 15 is 0 Å². The fourth-order valence-corrected chi connectivity index (χ4v) is 14.7. The smallest absolute Gasteiger partial charge is 0.164 e. The van der Waals surface area contributed by atoms with Crippen molar-refractivity contribution in [1.82, 2.24) is 34.7 Å². The molecule has 0 radical (unpaired) electrons. The number of aliphatic hydroxyl groups excluding tert-OH is 7. The number of nitrogens with zero attached hydrogens (tertiary/aromatic N) is 10. The van der Waals surface area contributed by atoms with Crippen LogP contribution in [-0.2, 0) is 28.4 Å². The lowest BCUT2D eigenvalue weighted by atomic mass is 10.1. The topological polar surface area (TPSA) is 304 Å². The highest BCUT2D eigenvalue weighted by molar-refractivity contribution is 7.73. The molecule has 25 nitrogen and oxygen atoms in total. The van der Waals surface area contributed by atoms with Gasteiger partial charge >= 0.3 is 0 Å². The van der Waals surface area contributed by atoms with Crippen LogP contribution in [0.1, 0.15) is 25.7 Å². The van der Waals surface area contributed by atoms with Gasteiger partial charge in [-0.15, -0.1) is 52.7 Å². The molecular weight excluding hydrogens is 1270 g/mol. The van der Waals surface area contributed by atoms with Crippen LogP contribution in [0.5, 0.6) is 0 Å². The van der Waals surface area contributed by atoms with Crippen LogP contribution in [-0.4, -0.2) is 346 Å². The van der Waals surface area contributed by atoms with Crippen molar-refractivity contribution in [3.63, 3.8) is 0 Å². The minimum Gasteiger partial charge on any atom is -0.391 e. The Morgan fingerprint density at radius 1 is 0.527 bits per heavy atom. The van der Waals surface area contributed by atoms with Crippen molar-refractivity contribution in [2.45, 2.75) is 124 Å². The van der Waals surface area contributed by atoms with Gasteiger partial charge in [0.25, 0.3) is 0 Å². The molecule has 0 spiro atoms. The number of methoxy groups -OCH3 is 2. The quantitative estimate of drug-likeness (QED) is 0.0840. The summed E-state index contributed by atoms with van der Waals surface area (Å²) < 4.78 is 35.0. The number of aliphatic hydroxyl groups is 7. The summed E-state index contributed by atoms with van der Waals surface area (Å²) in [6, 6.07) is 0. The average molecular weight is 1380 g/mol. The van der Waals surface area contributed by atoms with E-state index in [9.17, 15) is 35.7 Å². The minimum absolute atomic E-state index is 0.182. The number of ether oxygens (including phenoxy) is 6. The SMILES string of the molecule is C=C1N=C(N(C)C)C=CN1C1O[C@H](CCP(=C)(C)C)[C@@H](O)[C@H]1O.C=C1N=C(N(C)C)C=CN1C1O[C@H](CCP(=C)(C)C)[C@@H](O)[C@H]1OC.C=C1N=C(N)C(CO)=CN1C1O[C@H](CCP(=C)(C)C)[C@@H](O)[C@H]1O.C=C1NC(=NC)C=CN1C1O[C@H](CCP(=C)(C)C)[C@@H](O)[C@H]1OC. The predicted molar refractivity (Wildman–Crippen MR) is 391 cm³/mol. The first kappa shape index (κ1) is 79.4. The number of amidine groups is 4. The molecule has 0 aliphatic carbocycles. The monoisotopic (exact) mass is 1380 g/mol. The van der Waals surface area contributed by atoms with Crippen LogP contribution in [0, 0.1) is 0 Å². The Morgan fingerprint density at radius 2 is 0.860 bits per heavy atom. The molecule has 16 atom stereocenters. The van der Waals surface area contributed by atoms with E-state index in [0.29, 0.717) is 41.7 Å². The Kier molecular flexibility index (Phi) is 28.8. The van der Waals surface area contributed by atoms with Gasteiger partial charge in [-0.05, 0) is 122 Å². The normalized spacial score (nSPS) is 31.9. The molecule has 8 heterocycles. The van der Waals surface area contributed by atoms with Crippen LogP contribution in [0.15, 0.2) is 118 Å². The maximum atomic E-state index is 10.6. The van der Waals surface area contributed by atoms with Gasteiger partial charge in [0, 0.05) is 79.8 Å². The Labute approximate surface area is 554 Å². The highest BCUT2D eigenvalue weighted by atomic mass is 31.2. The standard InChI is InChI=1S/C17H30N3O3P.2C16H28N3O3P.C15H26N3O4P/c1-12-18-14(19(2)3)8-10-20(12)17-16(22-4)15(21)13(23-17)9-11-24(5,6)7;1-11-17-13(18(2)3)7-9-19(11)16-15(21)14(20)12(22-16)8-10-23(4,5)6;1-11-18-13(17-2)7-9-19(11)16-15(21-3)14(20)12(22-16)8-10-23(4,5)6;1-9-17-14(16)10(8-19)7-18(9)15-13(21)12(20)11(22-15)5-6-23(2,3)4/h8,10,13,15-17,21H,1,5,9,11H2,2-4,6-7H3;7,9,12,14-16,20-21H,1,4,8,10H2,2-3,5-6H3;7,9,12,14-16,20H,1,4,8,10H2,2-3,5-6H3,(H,17,18);7,11-13,15,19-21H,1-2,5-6,8H2,3-4H3,(H2,16,17)/t13-,15-,16-,17?;2*12-,14-,15-,16?;11-,12-,13-,15?/m1111/s1. The largest absolute Gasteiger partial charge is 0.391 e. The molecule has 0 saturated carbocycles. The molecule has 0 bridgehead atoms. The first-order chi connectivity index (χ1) is 43.1. The number of likely N-dealkylation sites (N-methyl/N-ethyl adjacent to an activating group) is 2. The lowest BCUT2D eigenvalue weighted by Crippen LogP contribution is -2.47. The lowest BCUT2D eigenvalue weighted by Gasteiger charge is -2.34. The highest BCUT2D eigenvalue weighted by Gasteiger charge is 2.50. The molecule has 8 aliphatic rings. The summed E-state index contributed by atoms with van der Waals surface area (Å²) in [5, 5.41) is 74.7. The van der Waals surface area contributed by atoms with Gasteiger partial charge in [0.05, 0.1) is 31.0 Å². The van der Waals surface area contributed by atoms with Crippen LogP contribution in [0.3, 0.4) is 0 Å². The van der Waals surface area contributed by atoms with Crippen molar-refractivity contribution >= 4 is 76.1 Å². The third-order valence-corrected chi connectivity index (χ3v) is 22.2. The van der Waals surface area contributed by atoms with Gasteiger partial charge in [0.1, 0.15) is 95.5 Å². The van der Waals surface area contributed by atoms with Crippen molar-refractivity contribution in [1.29, 1.82) is 0 Å². The van der Waals surface area contributed by atoms with E-state index in [4.69, 9.17) is 34.2 Å². The summed E-state index contributed by atoms with van der Waals surface area (Å²) in [6.45, 7) is 28.0. The van der Waals surface area contributed by atoms with Crippen molar-refractivity contribution in [2.75, 3.05) is 134 Å². The van der Waals surface area contributed by atoms with Gasteiger partial charge in [-0.25, -0.2) is 15.0 Å². The van der Waals surface area contributed by atoms with Crippen LogP contribution in [0.2, 0.25) is 0 Å². The van der Waals surface area contributed by atoms with Crippen molar-refractivity contribution in [2.24, 2.45) is 25.7 Å². The second kappa shape index (κ2) is 33.8. The first-order valence-corrected chi connectivity index (χ1v) is 43.2. The third kappa shape index (κ3) is 22.1. The van der Waals surface area contributed by atoms with Crippen LogP contribution < -0.4 is 11.1 Å². The zero-order chi connectivity index (χ0) is 70.0. The van der Waals surface area contributed by atoms with Crippen molar-refractivity contribution in [3.05, 3.63) is 98.2 Å². The Hall–Kier alpha value is -4.32. The zero-order valence-electron chi connectivity index (χ0n) is 57.7. The van der Waals surface area contributed by atoms with Gasteiger partial charge in [0.2, 0.25) is 0 Å². The number of hydrogen-bond donors (Lipinski definition) is 9. The van der Waals surface area contributed by atoms with E-state index in [1.165, 1.54) is 4.90 Å². The second-order valence-corrected chi connectivity index (χ2v) is 44.7. The molecule has 29 heteroatoms. The van der Waals surface area contributed by atoms with Gasteiger partial charge < -0.3 is 105 Å². The molecule has 0 aromatic heterocycles. The molecule has 8 aliphatic heterocycles. The molecular formula is C64H112N12O13P4. The summed E-state index contributed by atoms with van der Waals surface area (Å²) >= 11 is 0. The van der Waals surface area contributed by atoms with Crippen LogP contribution >= 0.6 is 27.5 Å².